The van der Waals surface area contributed by atoms with Crippen molar-refractivity contribution < 1.29 is 14.0 Å². The molecule has 2 heterocycles. The van der Waals surface area contributed by atoms with Crippen LogP contribution in [0.25, 0.3) is 0 Å². The second-order valence-electron chi connectivity index (χ2n) is 7.42. The number of piperazine rings is 1. The molecule has 1 fully saturated rings. The Bertz CT molecular complexity index is 954. The van der Waals surface area contributed by atoms with E-state index in [4.69, 9.17) is 11.6 Å². The Kier molecular flexibility index (Phi) is 6.11. The van der Waals surface area contributed by atoms with Gasteiger partial charge < -0.3 is 4.90 Å². The summed E-state index contributed by atoms with van der Waals surface area (Å²) in [5.41, 5.74) is 2.04. The minimum absolute atomic E-state index is 0.122. The third-order valence-electron chi connectivity index (χ3n) is 5.33. The van der Waals surface area contributed by atoms with Gasteiger partial charge in [0.1, 0.15) is 11.5 Å². The van der Waals surface area contributed by atoms with Gasteiger partial charge in [0.2, 0.25) is 5.91 Å². The molecule has 0 spiro atoms. The lowest BCUT2D eigenvalue weighted by atomic mass is 10.1. The number of hydrazone groups is 1. The Hall–Kier alpha value is -2.77. The van der Waals surface area contributed by atoms with Gasteiger partial charge in [-0.2, -0.15) is 5.10 Å². The van der Waals surface area contributed by atoms with Crippen LogP contribution >= 0.6 is 11.6 Å². The average Bonchev–Trinajstić information content (AvgIpc) is 2.76. The molecule has 8 heteroatoms. The molecule has 0 bridgehead atoms. The molecule has 0 radical (unpaired) electrons. The van der Waals surface area contributed by atoms with Gasteiger partial charge in [-0.1, -0.05) is 23.7 Å². The molecule has 156 valence electrons. The molecule has 2 aromatic carbocycles. The molecular formula is C22H22ClFN4O2. The largest absolute Gasteiger partial charge is 0.335 e. The highest BCUT2D eigenvalue weighted by molar-refractivity contribution is 6.40. The highest BCUT2D eigenvalue weighted by atomic mass is 35.5. The molecular weight excluding hydrogens is 407 g/mol. The van der Waals surface area contributed by atoms with Gasteiger partial charge in [-0.05, 0) is 42.0 Å². The van der Waals surface area contributed by atoms with Crippen LogP contribution < -0.4 is 5.01 Å². The average molecular weight is 429 g/mol. The van der Waals surface area contributed by atoms with E-state index in [0.29, 0.717) is 35.9 Å². The summed E-state index contributed by atoms with van der Waals surface area (Å²) in [6.07, 6.45) is 0.593. The summed E-state index contributed by atoms with van der Waals surface area (Å²) in [5.74, 6) is -0.505. The standard InChI is InChI=1S/C22H22ClFN4O2/c23-17-3-7-19(8-4-17)28-21(29)10-9-20(25-28)22(30)27-13-11-26(12-14-27)15-16-1-5-18(24)6-2-16/h1-8H,9-15H2. The van der Waals surface area contributed by atoms with E-state index in [9.17, 15) is 14.0 Å². The van der Waals surface area contributed by atoms with Crippen LogP contribution in [0.2, 0.25) is 5.02 Å². The van der Waals surface area contributed by atoms with Crippen molar-refractivity contribution >= 4 is 34.8 Å². The van der Waals surface area contributed by atoms with Crippen LogP contribution in [-0.2, 0) is 16.1 Å². The Morgan fingerprint density at radius 2 is 1.63 bits per heavy atom. The Balaban J connectivity index is 1.38. The number of rotatable bonds is 4. The zero-order valence-electron chi connectivity index (χ0n) is 16.4. The molecule has 1 saturated heterocycles. The Morgan fingerprint density at radius 3 is 2.30 bits per heavy atom. The zero-order valence-corrected chi connectivity index (χ0v) is 17.2. The van der Waals surface area contributed by atoms with Crippen molar-refractivity contribution in [2.24, 2.45) is 5.10 Å². The summed E-state index contributed by atoms with van der Waals surface area (Å²) < 4.78 is 13.1. The summed E-state index contributed by atoms with van der Waals surface area (Å²) in [6, 6.07) is 13.3. The van der Waals surface area contributed by atoms with E-state index in [1.807, 2.05) is 0 Å². The Labute approximate surface area is 179 Å². The molecule has 0 N–H and O–H groups in total. The van der Waals surface area contributed by atoms with Crippen molar-refractivity contribution in [3.63, 3.8) is 0 Å². The number of carbonyl (C=O) groups is 2. The molecule has 6 nitrogen and oxygen atoms in total. The molecule has 2 aliphatic rings. The van der Waals surface area contributed by atoms with Crippen LogP contribution in [0.4, 0.5) is 10.1 Å². The van der Waals surface area contributed by atoms with Crippen LogP contribution in [0.15, 0.2) is 53.6 Å². The minimum atomic E-state index is -0.242. The first-order chi connectivity index (χ1) is 14.5. The van der Waals surface area contributed by atoms with Crippen LogP contribution in [0.1, 0.15) is 18.4 Å². The van der Waals surface area contributed by atoms with Gasteiger partial charge >= 0.3 is 0 Å². The number of hydrogen-bond acceptors (Lipinski definition) is 4. The molecule has 4 rings (SSSR count). The lowest BCUT2D eigenvalue weighted by Crippen LogP contribution is -2.51. The summed E-state index contributed by atoms with van der Waals surface area (Å²) >= 11 is 5.92. The summed E-state index contributed by atoms with van der Waals surface area (Å²) in [7, 11) is 0. The van der Waals surface area contributed by atoms with Gasteiger partial charge in [-0.3, -0.25) is 14.5 Å². The van der Waals surface area contributed by atoms with E-state index >= 15 is 0 Å². The van der Waals surface area contributed by atoms with Crippen molar-refractivity contribution in [2.75, 3.05) is 31.2 Å². The van der Waals surface area contributed by atoms with E-state index in [2.05, 4.69) is 10.0 Å². The Morgan fingerprint density at radius 1 is 0.967 bits per heavy atom. The smallest absolute Gasteiger partial charge is 0.270 e. The van der Waals surface area contributed by atoms with E-state index in [1.165, 1.54) is 17.1 Å². The van der Waals surface area contributed by atoms with Crippen molar-refractivity contribution in [1.29, 1.82) is 0 Å². The van der Waals surface area contributed by atoms with Gasteiger partial charge in [0.05, 0.1) is 5.69 Å². The van der Waals surface area contributed by atoms with Gasteiger partial charge in [-0.25, -0.2) is 9.40 Å². The van der Waals surface area contributed by atoms with Crippen molar-refractivity contribution in [3.05, 3.63) is 64.9 Å². The first-order valence-corrected chi connectivity index (χ1v) is 10.3. The van der Waals surface area contributed by atoms with Gasteiger partial charge in [-0.15, -0.1) is 0 Å². The monoisotopic (exact) mass is 428 g/mol. The van der Waals surface area contributed by atoms with Crippen LogP contribution in [0, 0.1) is 5.82 Å². The minimum Gasteiger partial charge on any atom is -0.335 e. The molecule has 0 aliphatic carbocycles. The maximum absolute atomic E-state index is 13.1. The maximum atomic E-state index is 13.1. The molecule has 0 atom stereocenters. The van der Waals surface area contributed by atoms with Crippen LogP contribution in [-0.4, -0.2) is 53.5 Å². The normalized spacial score (nSPS) is 17.8. The van der Waals surface area contributed by atoms with E-state index in [-0.39, 0.29) is 24.1 Å². The third kappa shape index (κ3) is 4.68. The fourth-order valence-corrected chi connectivity index (χ4v) is 3.76. The van der Waals surface area contributed by atoms with E-state index < -0.39 is 0 Å². The second-order valence-corrected chi connectivity index (χ2v) is 7.86. The first kappa shape index (κ1) is 20.5. The van der Waals surface area contributed by atoms with Gasteiger partial charge in [0.25, 0.3) is 5.91 Å². The van der Waals surface area contributed by atoms with Crippen LogP contribution in [0.3, 0.4) is 0 Å². The number of nitrogens with zero attached hydrogens (tertiary/aromatic N) is 4. The molecule has 2 aromatic rings. The lowest BCUT2D eigenvalue weighted by Gasteiger charge is -2.35. The predicted octanol–water partition coefficient (Wildman–Crippen LogP) is 3.31. The SMILES string of the molecule is O=C(C1=NN(c2ccc(Cl)cc2)C(=O)CC1)N1CCN(Cc2ccc(F)cc2)CC1. The fourth-order valence-electron chi connectivity index (χ4n) is 3.63. The molecule has 2 aliphatic heterocycles. The zero-order chi connectivity index (χ0) is 21.1. The number of carbonyl (C=O) groups excluding carboxylic acids is 2. The molecule has 0 aromatic heterocycles. The highest BCUT2D eigenvalue weighted by Gasteiger charge is 2.30. The number of benzene rings is 2. The summed E-state index contributed by atoms with van der Waals surface area (Å²) in [5, 5.41) is 6.21. The molecule has 0 unspecified atom stereocenters. The maximum Gasteiger partial charge on any atom is 0.270 e. The number of halogens is 2. The van der Waals surface area contributed by atoms with Crippen LogP contribution in [0.5, 0.6) is 0 Å². The van der Waals surface area contributed by atoms with Crippen molar-refractivity contribution in [2.45, 2.75) is 19.4 Å². The third-order valence-corrected chi connectivity index (χ3v) is 5.58. The van der Waals surface area contributed by atoms with Crippen molar-refractivity contribution in [3.8, 4) is 0 Å². The van der Waals surface area contributed by atoms with E-state index in [0.717, 1.165) is 25.2 Å². The molecule has 30 heavy (non-hydrogen) atoms. The summed E-state index contributed by atoms with van der Waals surface area (Å²) in [6.45, 7) is 3.37. The number of hydrogen-bond donors (Lipinski definition) is 0. The van der Waals surface area contributed by atoms with Gasteiger partial charge in [0.15, 0.2) is 0 Å². The highest BCUT2D eigenvalue weighted by Crippen LogP contribution is 2.23. The van der Waals surface area contributed by atoms with Gasteiger partial charge in [0, 0.05) is 50.6 Å². The molecule has 2 amide bonds. The quantitative estimate of drug-likeness (QED) is 0.750. The first-order valence-electron chi connectivity index (χ1n) is 9.92. The number of amides is 2. The molecule has 0 saturated carbocycles. The second kappa shape index (κ2) is 8.93. The summed E-state index contributed by atoms with van der Waals surface area (Å²) in [4.78, 5) is 29.3. The van der Waals surface area contributed by atoms with E-state index in [1.54, 1.807) is 41.3 Å². The lowest BCUT2D eigenvalue weighted by molar-refractivity contribution is -0.126. The topological polar surface area (TPSA) is 56.2 Å². The predicted molar refractivity (Wildman–Crippen MR) is 114 cm³/mol. The fraction of sp³-hybridized carbons (Fsp3) is 0.318. The van der Waals surface area contributed by atoms with Crippen molar-refractivity contribution in [1.82, 2.24) is 9.80 Å². The number of anilines is 1.